The molecule has 0 aliphatic carbocycles. The summed E-state index contributed by atoms with van der Waals surface area (Å²) in [5.74, 6) is -1.21. The first kappa shape index (κ1) is 20.2. The first-order valence-corrected chi connectivity index (χ1v) is 7.98. The summed E-state index contributed by atoms with van der Waals surface area (Å²) in [6.07, 6.45) is -0.697. The number of halogens is 2. The topological polar surface area (TPSA) is 84.9 Å². The fraction of sp³-hybridized carbons (Fsp3) is 0.263. The van der Waals surface area contributed by atoms with Crippen molar-refractivity contribution in [3.63, 3.8) is 0 Å². The van der Waals surface area contributed by atoms with E-state index in [-0.39, 0.29) is 16.9 Å². The Balaban J connectivity index is 2.36. The Morgan fingerprint density at radius 2 is 1.70 bits per heavy atom. The lowest BCUT2D eigenvalue weighted by molar-refractivity contribution is -0.0494. The van der Waals surface area contributed by atoms with Crippen LogP contribution in [0, 0.1) is 0 Å². The number of hydrogen-bond donors (Lipinski definition) is 2. The van der Waals surface area contributed by atoms with Gasteiger partial charge in [0.15, 0.2) is 0 Å². The van der Waals surface area contributed by atoms with Crippen molar-refractivity contribution in [3.05, 3.63) is 48.0 Å². The second-order valence-corrected chi connectivity index (χ2v) is 6.60. The van der Waals surface area contributed by atoms with Gasteiger partial charge in [-0.15, -0.1) is 0 Å². The molecule has 0 aromatic heterocycles. The van der Waals surface area contributed by atoms with Gasteiger partial charge in [-0.1, -0.05) is 12.1 Å². The predicted molar refractivity (Wildman–Crippen MR) is 95.3 cm³/mol. The number of anilines is 1. The van der Waals surface area contributed by atoms with Crippen molar-refractivity contribution in [3.8, 4) is 16.9 Å². The number of alkyl halides is 2. The zero-order valence-corrected chi connectivity index (χ0v) is 15.0. The summed E-state index contributed by atoms with van der Waals surface area (Å²) in [4.78, 5) is 22.9. The van der Waals surface area contributed by atoms with E-state index in [1.165, 1.54) is 42.5 Å². The Morgan fingerprint density at radius 1 is 1.07 bits per heavy atom. The van der Waals surface area contributed by atoms with Crippen LogP contribution in [0.1, 0.15) is 31.1 Å². The highest BCUT2D eigenvalue weighted by molar-refractivity contribution is 5.89. The number of amides is 1. The molecule has 0 heterocycles. The number of carbonyl (C=O) groups is 2. The Kier molecular flexibility index (Phi) is 5.99. The van der Waals surface area contributed by atoms with E-state index in [2.05, 4.69) is 10.1 Å². The normalized spacial score (nSPS) is 11.2. The molecule has 2 aromatic rings. The fourth-order valence-electron chi connectivity index (χ4n) is 2.25. The molecule has 0 fully saturated rings. The second kappa shape index (κ2) is 8.03. The Labute approximate surface area is 154 Å². The zero-order chi connectivity index (χ0) is 20.2. The van der Waals surface area contributed by atoms with Crippen LogP contribution in [0.4, 0.5) is 19.3 Å². The van der Waals surface area contributed by atoms with E-state index in [0.717, 1.165) is 0 Å². The number of carbonyl (C=O) groups excluding carboxylic acids is 1. The van der Waals surface area contributed by atoms with Crippen molar-refractivity contribution in [1.29, 1.82) is 0 Å². The van der Waals surface area contributed by atoms with Gasteiger partial charge in [0.1, 0.15) is 11.4 Å². The van der Waals surface area contributed by atoms with Crippen LogP contribution in [0.25, 0.3) is 11.1 Å². The van der Waals surface area contributed by atoms with Crippen molar-refractivity contribution < 1.29 is 33.0 Å². The van der Waals surface area contributed by atoms with Gasteiger partial charge in [-0.3, -0.25) is 5.32 Å². The van der Waals surface area contributed by atoms with Gasteiger partial charge < -0.3 is 14.6 Å². The number of hydrogen-bond acceptors (Lipinski definition) is 4. The van der Waals surface area contributed by atoms with E-state index in [1.807, 2.05) is 0 Å². The molecule has 0 saturated carbocycles. The molecule has 6 nitrogen and oxygen atoms in total. The molecule has 0 radical (unpaired) electrons. The Morgan fingerprint density at radius 3 is 2.22 bits per heavy atom. The molecule has 2 N–H and O–H groups in total. The lowest BCUT2D eigenvalue weighted by atomic mass is 10.0. The minimum atomic E-state index is -3.04. The third-order valence-corrected chi connectivity index (χ3v) is 3.28. The van der Waals surface area contributed by atoms with E-state index < -0.39 is 24.3 Å². The summed E-state index contributed by atoms with van der Waals surface area (Å²) < 4.78 is 35.1. The molecule has 0 aliphatic heterocycles. The van der Waals surface area contributed by atoms with Gasteiger partial charge in [-0.25, -0.2) is 9.59 Å². The number of benzene rings is 2. The first-order valence-electron chi connectivity index (χ1n) is 7.98. The SMILES string of the molecule is CC(C)(C)OC(=O)Nc1ccc(OC(F)F)c(-c2ccc(C(=O)O)cc2)c1. The molecule has 144 valence electrons. The summed E-state index contributed by atoms with van der Waals surface area (Å²) in [5.41, 5.74) is 0.378. The summed E-state index contributed by atoms with van der Waals surface area (Å²) in [7, 11) is 0. The molecule has 0 unspecified atom stereocenters. The second-order valence-electron chi connectivity index (χ2n) is 6.60. The summed E-state index contributed by atoms with van der Waals surface area (Å²) in [5, 5.41) is 11.5. The van der Waals surface area contributed by atoms with E-state index in [1.54, 1.807) is 20.8 Å². The molecular weight excluding hydrogens is 360 g/mol. The number of ether oxygens (including phenoxy) is 2. The van der Waals surface area contributed by atoms with E-state index in [0.29, 0.717) is 11.3 Å². The van der Waals surface area contributed by atoms with Crippen LogP contribution in [0.3, 0.4) is 0 Å². The molecule has 0 atom stereocenters. The zero-order valence-electron chi connectivity index (χ0n) is 15.0. The molecule has 0 spiro atoms. The maximum absolute atomic E-state index is 12.7. The summed E-state index contributed by atoms with van der Waals surface area (Å²) in [6.45, 7) is 2.09. The number of carboxylic acid groups (broad SMARTS) is 1. The van der Waals surface area contributed by atoms with Gasteiger partial charge in [0.2, 0.25) is 0 Å². The van der Waals surface area contributed by atoms with Crippen molar-refractivity contribution in [1.82, 2.24) is 0 Å². The van der Waals surface area contributed by atoms with Crippen LogP contribution in [0.5, 0.6) is 5.75 Å². The molecule has 2 rings (SSSR count). The average molecular weight is 379 g/mol. The van der Waals surface area contributed by atoms with Crippen molar-refractivity contribution in [2.75, 3.05) is 5.32 Å². The highest BCUT2D eigenvalue weighted by atomic mass is 19.3. The standard InChI is InChI=1S/C19H19F2NO5/c1-19(2,3)27-18(25)22-13-8-9-15(26-17(20)21)14(10-13)11-4-6-12(7-5-11)16(23)24/h4-10,17H,1-3H3,(H,22,25)(H,23,24). The van der Waals surface area contributed by atoms with E-state index in [9.17, 15) is 18.4 Å². The smallest absolute Gasteiger partial charge is 0.412 e. The molecule has 27 heavy (non-hydrogen) atoms. The highest BCUT2D eigenvalue weighted by Gasteiger charge is 2.18. The maximum Gasteiger partial charge on any atom is 0.412 e. The van der Waals surface area contributed by atoms with Crippen LogP contribution < -0.4 is 10.1 Å². The largest absolute Gasteiger partial charge is 0.478 e. The monoisotopic (exact) mass is 379 g/mol. The van der Waals surface area contributed by atoms with Crippen molar-refractivity contribution in [2.45, 2.75) is 33.0 Å². The van der Waals surface area contributed by atoms with Gasteiger partial charge in [-0.05, 0) is 56.7 Å². The minimum Gasteiger partial charge on any atom is -0.478 e. The van der Waals surface area contributed by atoms with E-state index in [4.69, 9.17) is 9.84 Å². The number of aromatic carboxylic acids is 1. The highest BCUT2D eigenvalue weighted by Crippen LogP contribution is 2.34. The van der Waals surface area contributed by atoms with Crippen LogP contribution in [-0.4, -0.2) is 29.4 Å². The minimum absolute atomic E-state index is 0.0538. The quantitative estimate of drug-likeness (QED) is 0.764. The molecule has 0 saturated heterocycles. The molecule has 1 amide bonds. The Bertz CT molecular complexity index is 829. The fourth-order valence-corrected chi connectivity index (χ4v) is 2.25. The van der Waals surface area contributed by atoms with Gasteiger partial charge in [0, 0.05) is 11.3 Å². The third kappa shape index (κ3) is 5.95. The number of carboxylic acids is 1. The van der Waals surface area contributed by atoms with Gasteiger partial charge >= 0.3 is 18.7 Å². The molecular formula is C19H19F2NO5. The Hall–Kier alpha value is -3.16. The summed E-state index contributed by atoms with van der Waals surface area (Å²) >= 11 is 0. The van der Waals surface area contributed by atoms with Crippen LogP contribution in [0.15, 0.2) is 42.5 Å². The van der Waals surface area contributed by atoms with Gasteiger partial charge in [0.25, 0.3) is 0 Å². The van der Waals surface area contributed by atoms with Gasteiger partial charge in [-0.2, -0.15) is 8.78 Å². The van der Waals surface area contributed by atoms with Crippen LogP contribution in [-0.2, 0) is 4.74 Å². The number of rotatable bonds is 5. The third-order valence-electron chi connectivity index (χ3n) is 3.28. The predicted octanol–water partition coefficient (Wildman–Crippen LogP) is 5.00. The first-order chi connectivity index (χ1) is 12.5. The van der Waals surface area contributed by atoms with E-state index >= 15 is 0 Å². The van der Waals surface area contributed by atoms with Crippen LogP contribution in [0.2, 0.25) is 0 Å². The molecule has 8 heteroatoms. The molecule has 0 aliphatic rings. The molecule has 0 bridgehead atoms. The van der Waals surface area contributed by atoms with Crippen molar-refractivity contribution in [2.24, 2.45) is 0 Å². The van der Waals surface area contributed by atoms with Gasteiger partial charge in [0.05, 0.1) is 5.56 Å². The summed E-state index contributed by atoms with van der Waals surface area (Å²) in [6, 6.07) is 9.76. The number of nitrogens with one attached hydrogen (secondary N) is 1. The lowest BCUT2D eigenvalue weighted by Crippen LogP contribution is -2.27. The van der Waals surface area contributed by atoms with Crippen LogP contribution >= 0.6 is 0 Å². The maximum atomic E-state index is 12.7. The van der Waals surface area contributed by atoms with Crippen molar-refractivity contribution >= 4 is 17.7 Å². The molecule has 2 aromatic carbocycles. The lowest BCUT2D eigenvalue weighted by Gasteiger charge is -2.20. The average Bonchev–Trinajstić information content (AvgIpc) is 2.54.